The normalized spacial score (nSPS) is 14.9. The molecule has 4 nitrogen and oxygen atoms in total. The van der Waals surface area contributed by atoms with Crippen molar-refractivity contribution in [3.05, 3.63) is 52.5 Å². The molecule has 5 heteroatoms. The lowest BCUT2D eigenvalue weighted by molar-refractivity contribution is 0.169. The largest absolute Gasteiger partial charge is 0.486 e. The number of aliphatic hydroxyl groups is 1. The Labute approximate surface area is 121 Å². The van der Waals surface area contributed by atoms with E-state index in [4.69, 9.17) is 26.8 Å². The first-order valence-electron chi connectivity index (χ1n) is 6.27. The van der Waals surface area contributed by atoms with Crippen molar-refractivity contribution in [3.8, 4) is 11.5 Å². The Bertz CT molecular complexity index is 645. The number of ether oxygens (including phenoxy) is 2. The first-order valence-corrected chi connectivity index (χ1v) is 6.65. The Morgan fingerprint density at radius 1 is 1.05 bits per heavy atom. The molecule has 1 heterocycles. The van der Waals surface area contributed by atoms with Crippen LogP contribution in [0.5, 0.6) is 11.5 Å². The van der Waals surface area contributed by atoms with Gasteiger partial charge in [0.25, 0.3) is 0 Å². The van der Waals surface area contributed by atoms with E-state index < -0.39 is 6.10 Å². The lowest BCUT2D eigenvalue weighted by Gasteiger charge is -2.20. The van der Waals surface area contributed by atoms with E-state index in [1.807, 2.05) is 0 Å². The van der Waals surface area contributed by atoms with Crippen molar-refractivity contribution < 1.29 is 14.6 Å². The van der Waals surface area contributed by atoms with Gasteiger partial charge in [-0.1, -0.05) is 23.7 Å². The SMILES string of the molecule is Nc1cc(Cl)ccc1C(O)c1ccc2c(c1)OCCO2. The topological polar surface area (TPSA) is 64.7 Å². The van der Waals surface area contributed by atoms with Crippen LogP contribution in [0.25, 0.3) is 0 Å². The van der Waals surface area contributed by atoms with E-state index in [1.54, 1.807) is 36.4 Å². The highest BCUT2D eigenvalue weighted by molar-refractivity contribution is 6.30. The maximum Gasteiger partial charge on any atom is 0.161 e. The van der Waals surface area contributed by atoms with E-state index >= 15 is 0 Å². The minimum absolute atomic E-state index is 0.458. The van der Waals surface area contributed by atoms with Crippen LogP contribution >= 0.6 is 11.6 Å². The van der Waals surface area contributed by atoms with Crippen molar-refractivity contribution in [1.82, 2.24) is 0 Å². The number of hydrogen-bond donors (Lipinski definition) is 2. The van der Waals surface area contributed by atoms with Crippen LogP contribution in [0, 0.1) is 0 Å². The minimum Gasteiger partial charge on any atom is -0.486 e. The van der Waals surface area contributed by atoms with Crippen LogP contribution in [0.1, 0.15) is 17.2 Å². The van der Waals surface area contributed by atoms with Crippen LogP contribution in [0.3, 0.4) is 0 Å². The molecule has 0 aromatic heterocycles. The summed E-state index contributed by atoms with van der Waals surface area (Å²) < 4.78 is 11.0. The zero-order valence-corrected chi connectivity index (χ0v) is 11.4. The summed E-state index contributed by atoms with van der Waals surface area (Å²) in [5.41, 5.74) is 7.67. The highest BCUT2D eigenvalue weighted by atomic mass is 35.5. The quantitative estimate of drug-likeness (QED) is 0.835. The molecule has 0 spiro atoms. The van der Waals surface area contributed by atoms with Gasteiger partial charge in [0, 0.05) is 16.3 Å². The van der Waals surface area contributed by atoms with Crippen LogP contribution in [0.4, 0.5) is 5.69 Å². The average Bonchev–Trinajstić information content (AvgIpc) is 2.46. The van der Waals surface area contributed by atoms with Crippen molar-refractivity contribution in [2.24, 2.45) is 0 Å². The Balaban J connectivity index is 1.95. The summed E-state index contributed by atoms with van der Waals surface area (Å²) in [7, 11) is 0. The van der Waals surface area contributed by atoms with Crippen molar-refractivity contribution in [2.45, 2.75) is 6.10 Å². The number of fused-ring (bicyclic) bond motifs is 1. The third-order valence-corrected chi connectivity index (χ3v) is 3.46. The molecule has 3 N–H and O–H groups in total. The second kappa shape index (κ2) is 5.23. The molecule has 1 atom stereocenters. The minimum atomic E-state index is -0.830. The van der Waals surface area contributed by atoms with Gasteiger partial charge in [-0.05, 0) is 29.8 Å². The molecule has 3 rings (SSSR count). The Hall–Kier alpha value is -1.91. The predicted octanol–water partition coefficient (Wildman–Crippen LogP) is 2.78. The van der Waals surface area contributed by atoms with Crippen LogP contribution < -0.4 is 15.2 Å². The zero-order chi connectivity index (χ0) is 14.1. The molecule has 0 radical (unpaired) electrons. The fourth-order valence-electron chi connectivity index (χ4n) is 2.20. The number of benzene rings is 2. The molecule has 1 aliphatic heterocycles. The Morgan fingerprint density at radius 3 is 2.55 bits per heavy atom. The standard InChI is InChI=1S/C15H14ClNO3/c16-10-2-3-11(12(17)8-10)15(18)9-1-4-13-14(7-9)20-6-5-19-13/h1-4,7-8,15,18H,5-6,17H2. The molecule has 0 saturated heterocycles. The third kappa shape index (κ3) is 2.40. The van der Waals surface area contributed by atoms with Gasteiger partial charge in [-0.3, -0.25) is 0 Å². The van der Waals surface area contributed by atoms with Crippen LogP contribution in [0.2, 0.25) is 5.02 Å². The van der Waals surface area contributed by atoms with Crippen molar-refractivity contribution >= 4 is 17.3 Å². The van der Waals surface area contributed by atoms with Gasteiger partial charge in [-0.25, -0.2) is 0 Å². The highest BCUT2D eigenvalue weighted by Gasteiger charge is 2.18. The average molecular weight is 292 g/mol. The van der Waals surface area contributed by atoms with Crippen LogP contribution in [-0.4, -0.2) is 18.3 Å². The first-order chi connectivity index (χ1) is 9.65. The van der Waals surface area contributed by atoms with Gasteiger partial charge in [-0.15, -0.1) is 0 Å². The Morgan fingerprint density at radius 2 is 1.80 bits per heavy atom. The maximum absolute atomic E-state index is 10.4. The summed E-state index contributed by atoms with van der Waals surface area (Å²) in [4.78, 5) is 0. The Kier molecular flexibility index (Phi) is 3.42. The van der Waals surface area contributed by atoms with Gasteiger partial charge < -0.3 is 20.3 Å². The van der Waals surface area contributed by atoms with E-state index in [1.165, 1.54) is 0 Å². The van der Waals surface area contributed by atoms with E-state index in [9.17, 15) is 5.11 Å². The van der Waals surface area contributed by atoms with E-state index in [0.717, 1.165) is 0 Å². The summed E-state index contributed by atoms with van der Waals surface area (Å²) in [6.45, 7) is 1.05. The van der Waals surface area contributed by atoms with E-state index in [0.29, 0.717) is 46.5 Å². The summed E-state index contributed by atoms with van der Waals surface area (Å²) in [6.07, 6.45) is -0.830. The fraction of sp³-hybridized carbons (Fsp3) is 0.200. The van der Waals surface area contributed by atoms with Crippen molar-refractivity contribution in [1.29, 1.82) is 0 Å². The summed E-state index contributed by atoms with van der Waals surface area (Å²) in [6, 6.07) is 10.4. The van der Waals surface area contributed by atoms with E-state index in [-0.39, 0.29) is 0 Å². The van der Waals surface area contributed by atoms with Crippen molar-refractivity contribution in [3.63, 3.8) is 0 Å². The molecule has 0 aliphatic carbocycles. The summed E-state index contributed by atoms with van der Waals surface area (Å²) in [5.74, 6) is 1.33. The number of rotatable bonds is 2. The summed E-state index contributed by atoms with van der Waals surface area (Å²) in [5, 5.41) is 11.0. The molecule has 2 aromatic carbocycles. The van der Waals surface area contributed by atoms with Gasteiger partial charge in [0.05, 0.1) is 0 Å². The molecule has 20 heavy (non-hydrogen) atoms. The molecule has 104 valence electrons. The summed E-state index contributed by atoms with van der Waals surface area (Å²) >= 11 is 5.86. The molecule has 1 aliphatic rings. The lowest BCUT2D eigenvalue weighted by atomic mass is 9.99. The molecular weight excluding hydrogens is 278 g/mol. The number of aliphatic hydroxyl groups excluding tert-OH is 1. The maximum atomic E-state index is 10.4. The number of nitrogen functional groups attached to an aromatic ring is 1. The monoisotopic (exact) mass is 291 g/mol. The van der Waals surface area contributed by atoms with Crippen LogP contribution in [-0.2, 0) is 0 Å². The molecule has 2 aromatic rings. The number of halogens is 1. The predicted molar refractivity (Wildman–Crippen MR) is 77.4 cm³/mol. The highest BCUT2D eigenvalue weighted by Crippen LogP contribution is 2.35. The van der Waals surface area contributed by atoms with Crippen LogP contribution in [0.15, 0.2) is 36.4 Å². The number of hydrogen-bond acceptors (Lipinski definition) is 4. The second-order valence-corrected chi connectivity index (χ2v) is 5.02. The lowest BCUT2D eigenvalue weighted by Crippen LogP contribution is -2.15. The number of anilines is 1. The van der Waals surface area contributed by atoms with Crippen molar-refractivity contribution in [2.75, 3.05) is 18.9 Å². The molecular formula is C15H14ClNO3. The number of nitrogens with two attached hydrogens (primary N) is 1. The van der Waals surface area contributed by atoms with Gasteiger partial charge in [-0.2, -0.15) is 0 Å². The van der Waals surface area contributed by atoms with Gasteiger partial charge in [0.1, 0.15) is 19.3 Å². The van der Waals surface area contributed by atoms with Gasteiger partial charge in [0.15, 0.2) is 11.5 Å². The second-order valence-electron chi connectivity index (χ2n) is 4.58. The smallest absolute Gasteiger partial charge is 0.161 e. The fourth-order valence-corrected chi connectivity index (χ4v) is 2.38. The molecule has 1 unspecified atom stereocenters. The first kappa shape index (κ1) is 13.1. The van der Waals surface area contributed by atoms with Gasteiger partial charge in [0.2, 0.25) is 0 Å². The van der Waals surface area contributed by atoms with Gasteiger partial charge >= 0.3 is 0 Å². The molecule has 0 bridgehead atoms. The molecule has 0 amide bonds. The van der Waals surface area contributed by atoms with E-state index in [2.05, 4.69) is 0 Å². The third-order valence-electron chi connectivity index (χ3n) is 3.23. The molecule has 0 saturated carbocycles. The molecule has 0 fully saturated rings. The zero-order valence-electron chi connectivity index (χ0n) is 10.7.